The van der Waals surface area contributed by atoms with Crippen LogP contribution in [0, 0.1) is 12.8 Å². The third-order valence-electron chi connectivity index (χ3n) is 3.99. The average Bonchev–Trinajstić information content (AvgIpc) is 2.54. The minimum Gasteiger partial charge on any atom is -0.370 e. The third kappa shape index (κ3) is 3.96. The summed E-state index contributed by atoms with van der Waals surface area (Å²) in [4.78, 5) is 9.16. The number of hydrogen-bond acceptors (Lipinski definition) is 4. The van der Waals surface area contributed by atoms with E-state index in [1.807, 2.05) is 37.3 Å². The van der Waals surface area contributed by atoms with Crippen molar-refractivity contribution in [2.45, 2.75) is 19.8 Å². The molecule has 2 aromatic rings. The summed E-state index contributed by atoms with van der Waals surface area (Å²) >= 11 is 5.94. The van der Waals surface area contributed by atoms with E-state index in [0.717, 1.165) is 53.5 Å². The molecule has 0 radical (unpaired) electrons. The van der Waals surface area contributed by atoms with Crippen LogP contribution in [0.3, 0.4) is 0 Å². The Kier molecular flexibility index (Phi) is 4.90. The van der Waals surface area contributed by atoms with Crippen LogP contribution < -0.4 is 10.6 Å². The van der Waals surface area contributed by atoms with Crippen molar-refractivity contribution in [3.8, 4) is 11.4 Å². The normalized spacial score (nSPS) is 15.7. The summed E-state index contributed by atoms with van der Waals surface area (Å²) in [6.45, 7) is 5.20. The Morgan fingerprint density at radius 2 is 1.91 bits per heavy atom. The zero-order chi connectivity index (χ0) is 15.4. The van der Waals surface area contributed by atoms with E-state index in [2.05, 4.69) is 20.6 Å². The molecule has 0 aliphatic carbocycles. The summed E-state index contributed by atoms with van der Waals surface area (Å²) in [5, 5.41) is 7.59. The van der Waals surface area contributed by atoms with Gasteiger partial charge in [0.15, 0.2) is 5.82 Å². The maximum atomic E-state index is 5.94. The van der Waals surface area contributed by atoms with Crippen molar-refractivity contribution in [3.05, 3.63) is 41.0 Å². The first-order valence-corrected chi connectivity index (χ1v) is 8.15. The van der Waals surface area contributed by atoms with Crippen LogP contribution in [-0.2, 0) is 0 Å². The molecule has 22 heavy (non-hydrogen) atoms. The lowest BCUT2D eigenvalue weighted by Gasteiger charge is -2.23. The van der Waals surface area contributed by atoms with Gasteiger partial charge >= 0.3 is 0 Å². The predicted molar refractivity (Wildman–Crippen MR) is 91.3 cm³/mol. The van der Waals surface area contributed by atoms with Gasteiger partial charge in [-0.25, -0.2) is 9.97 Å². The molecule has 1 aliphatic heterocycles. The van der Waals surface area contributed by atoms with Gasteiger partial charge in [0.25, 0.3) is 0 Å². The van der Waals surface area contributed by atoms with Gasteiger partial charge in [-0.1, -0.05) is 11.6 Å². The van der Waals surface area contributed by atoms with Gasteiger partial charge in [-0.05, 0) is 63.0 Å². The summed E-state index contributed by atoms with van der Waals surface area (Å²) in [7, 11) is 0. The molecule has 116 valence electrons. The van der Waals surface area contributed by atoms with E-state index in [-0.39, 0.29) is 0 Å². The molecule has 1 fully saturated rings. The van der Waals surface area contributed by atoms with Crippen LogP contribution in [0.5, 0.6) is 0 Å². The van der Waals surface area contributed by atoms with E-state index in [1.54, 1.807) is 0 Å². The number of aromatic nitrogens is 2. The summed E-state index contributed by atoms with van der Waals surface area (Å²) in [5.41, 5.74) is 1.95. The predicted octanol–water partition coefficient (Wildman–Crippen LogP) is 3.52. The molecular formula is C17H21ClN4. The van der Waals surface area contributed by atoms with Crippen molar-refractivity contribution in [1.82, 2.24) is 15.3 Å². The van der Waals surface area contributed by atoms with Crippen molar-refractivity contribution in [3.63, 3.8) is 0 Å². The monoisotopic (exact) mass is 316 g/mol. The number of nitrogens with zero attached hydrogens (tertiary/aromatic N) is 2. The molecule has 3 rings (SSSR count). The van der Waals surface area contributed by atoms with Crippen molar-refractivity contribution >= 4 is 17.4 Å². The fourth-order valence-electron chi connectivity index (χ4n) is 2.72. The smallest absolute Gasteiger partial charge is 0.161 e. The van der Waals surface area contributed by atoms with Gasteiger partial charge in [0.05, 0.1) is 0 Å². The molecule has 1 aliphatic rings. The van der Waals surface area contributed by atoms with Crippen LogP contribution in [0.15, 0.2) is 30.3 Å². The van der Waals surface area contributed by atoms with Gasteiger partial charge in [0.1, 0.15) is 5.82 Å². The Morgan fingerprint density at radius 3 is 2.64 bits per heavy atom. The standard InChI is InChI=1S/C17H21ClN4/c1-12-10-16(20-11-13-6-8-19-9-7-13)22-17(21-12)14-2-4-15(18)5-3-14/h2-5,10,13,19H,6-9,11H2,1H3,(H,20,21,22). The van der Waals surface area contributed by atoms with Gasteiger partial charge in [0.2, 0.25) is 0 Å². The van der Waals surface area contributed by atoms with Crippen LogP contribution in [0.4, 0.5) is 5.82 Å². The molecule has 0 bridgehead atoms. The molecule has 2 heterocycles. The number of anilines is 1. The van der Waals surface area contributed by atoms with E-state index in [1.165, 1.54) is 12.8 Å². The van der Waals surface area contributed by atoms with Crippen LogP contribution in [0.1, 0.15) is 18.5 Å². The summed E-state index contributed by atoms with van der Waals surface area (Å²) < 4.78 is 0. The maximum Gasteiger partial charge on any atom is 0.161 e. The molecule has 2 N–H and O–H groups in total. The first-order chi connectivity index (χ1) is 10.7. The second kappa shape index (κ2) is 7.07. The van der Waals surface area contributed by atoms with E-state index >= 15 is 0 Å². The first kappa shape index (κ1) is 15.3. The zero-order valence-corrected chi connectivity index (χ0v) is 13.5. The van der Waals surface area contributed by atoms with Crippen LogP contribution in [-0.4, -0.2) is 29.6 Å². The second-order valence-corrected chi connectivity index (χ2v) is 6.24. The van der Waals surface area contributed by atoms with Gasteiger partial charge in [-0.15, -0.1) is 0 Å². The summed E-state index contributed by atoms with van der Waals surface area (Å²) in [6, 6.07) is 9.64. The van der Waals surface area contributed by atoms with Gasteiger partial charge < -0.3 is 10.6 Å². The Morgan fingerprint density at radius 1 is 1.18 bits per heavy atom. The highest BCUT2D eigenvalue weighted by molar-refractivity contribution is 6.30. The second-order valence-electron chi connectivity index (χ2n) is 5.80. The lowest BCUT2D eigenvalue weighted by Crippen LogP contribution is -2.31. The Hall–Kier alpha value is -1.65. The molecular weight excluding hydrogens is 296 g/mol. The SMILES string of the molecule is Cc1cc(NCC2CCNCC2)nc(-c2ccc(Cl)cc2)n1. The third-order valence-corrected chi connectivity index (χ3v) is 4.24. The van der Waals surface area contributed by atoms with Crippen LogP contribution in [0.25, 0.3) is 11.4 Å². The van der Waals surface area contributed by atoms with Crippen molar-refractivity contribution in [2.24, 2.45) is 5.92 Å². The van der Waals surface area contributed by atoms with E-state index in [9.17, 15) is 0 Å². The fraction of sp³-hybridized carbons (Fsp3) is 0.412. The highest BCUT2D eigenvalue weighted by Gasteiger charge is 2.13. The number of rotatable bonds is 4. The highest BCUT2D eigenvalue weighted by Crippen LogP contribution is 2.21. The van der Waals surface area contributed by atoms with Gasteiger partial charge in [-0.2, -0.15) is 0 Å². The average molecular weight is 317 g/mol. The number of piperidine rings is 1. The Labute approximate surface area is 136 Å². The molecule has 0 saturated carbocycles. The summed E-state index contributed by atoms with van der Waals surface area (Å²) in [5.74, 6) is 2.36. The largest absolute Gasteiger partial charge is 0.370 e. The topological polar surface area (TPSA) is 49.8 Å². The zero-order valence-electron chi connectivity index (χ0n) is 12.8. The number of halogens is 1. The number of nitrogens with one attached hydrogen (secondary N) is 2. The molecule has 1 aromatic heterocycles. The quantitative estimate of drug-likeness (QED) is 0.906. The minimum absolute atomic E-state index is 0.718. The molecule has 1 saturated heterocycles. The number of aryl methyl sites for hydroxylation is 1. The number of hydrogen-bond donors (Lipinski definition) is 2. The number of benzene rings is 1. The van der Waals surface area contributed by atoms with Crippen LogP contribution in [0.2, 0.25) is 5.02 Å². The summed E-state index contributed by atoms with van der Waals surface area (Å²) in [6.07, 6.45) is 2.45. The van der Waals surface area contributed by atoms with E-state index < -0.39 is 0 Å². The van der Waals surface area contributed by atoms with Crippen LogP contribution >= 0.6 is 11.6 Å². The first-order valence-electron chi connectivity index (χ1n) is 7.77. The molecule has 0 amide bonds. The minimum atomic E-state index is 0.718. The van der Waals surface area contributed by atoms with Gasteiger partial charge in [0, 0.05) is 28.9 Å². The molecule has 5 heteroatoms. The molecule has 0 unspecified atom stereocenters. The molecule has 4 nitrogen and oxygen atoms in total. The van der Waals surface area contributed by atoms with Crippen molar-refractivity contribution in [1.29, 1.82) is 0 Å². The molecule has 0 atom stereocenters. The van der Waals surface area contributed by atoms with Crippen molar-refractivity contribution in [2.75, 3.05) is 25.0 Å². The Balaban J connectivity index is 1.73. The van der Waals surface area contributed by atoms with Crippen molar-refractivity contribution < 1.29 is 0 Å². The maximum absolute atomic E-state index is 5.94. The highest BCUT2D eigenvalue weighted by atomic mass is 35.5. The van der Waals surface area contributed by atoms with E-state index in [4.69, 9.17) is 11.6 Å². The van der Waals surface area contributed by atoms with E-state index in [0.29, 0.717) is 0 Å². The van der Waals surface area contributed by atoms with Gasteiger partial charge in [-0.3, -0.25) is 0 Å². The lowest BCUT2D eigenvalue weighted by molar-refractivity contribution is 0.389. The molecule has 0 spiro atoms. The fourth-order valence-corrected chi connectivity index (χ4v) is 2.85. The lowest BCUT2D eigenvalue weighted by atomic mass is 9.98. The Bertz CT molecular complexity index is 621. The molecule has 1 aromatic carbocycles.